The van der Waals surface area contributed by atoms with Crippen LogP contribution in [0.2, 0.25) is 0 Å². The van der Waals surface area contributed by atoms with Gasteiger partial charge in [-0.3, -0.25) is 0 Å². The Hall–Kier alpha value is -0.470. The fraction of sp³-hybridized carbons (Fsp3) is 0.571. The van der Waals surface area contributed by atoms with Crippen LogP contribution in [0.15, 0.2) is 29.2 Å². The smallest absolute Gasteiger partial charge is 0.0208 e. The van der Waals surface area contributed by atoms with E-state index in [-0.39, 0.29) is 0 Å². The molecule has 0 aliphatic rings. The van der Waals surface area contributed by atoms with Gasteiger partial charge in [-0.2, -0.15) is 0 Å². The molecule has 0 fully saturated rings. The highest BCUT2D eigenvalue weighted by Gasteiger charge is 2.03. The van der Waals surface area contributed by atoms with Gasteiger partial charge in [0.1, 0.15) is 0 Å². The third-order valence-corrected chi connectivity index (χ3v) is 3.63. The summed E-state index contributed by atoms with van der Waals surface area (Å²) in [5.41, 5.74) is 1.38. The number of hydrogen-bond donors (Lipinski definition) is 1. The molecule has 1 rings (SSSR count). The summed E-state index contributed by atoms with van der Waals surface area (Å²) in [5.74, 6) is 0. The predicted octanol–water partition coefficient (Wildman–Crippen LogP) is 4.08. The summed E-state index contributed by atoms with van der Waals surface area (Å²) in [6.45, 7) is 5.49. The minimum Gasteiger partial charge on any atom is -0.310 e. The van der Waals surface area contributed by atoms with E-state index in [0.717, 1.165) is 6.54 Å². The van der Waals surface area contributed by atoms with E-state index in [9.17, 15) is 0 Å². The van der Waals surface area contributed by atoms with Crippen molar-refractivity contribution in [2.45, 2.75) is 50.6 Å². The van der Waals surface area contributed by atoms with E-state index in [0.29, 0.717) is 6.04 Å². The van der Waals surface area contributed by atoms with Gasteiger partial charge < -0.3 is 5.32 Å². The molecule has 90 valence electrons. The number of hydrogen-bond acceptors (Lipinski definition) is 2. The van der Waals surface area contributed by atoms with Crippen molar-refractivity contribution in [2.75, 3.05) is 6.26 Å². The molecule has 0 amide bonds. The normalized spacial score (nSPS) is 12.7. The van der Waals surface area contributed by atoms with Crippen LogP contribution in [0.4, 0.5) is 0 Å². The molecule has 1 N–H and O–H groups in total. The molecule has 0 radical (unpaired) electrons. The van der Waals surface area contributed by atoms with Crippen molar-refractivity contribution in [1.82, 2.24) is 5.32 Å². The lowest BCUT2D eigenvalue weighted by atomic mass is 10.1. The molecule has 0 heterocycles. The fourth-order valence-electron chi connectivity index (χ4n) is 1.80. The zero-order valence-electron chi connectivity index (χ0n) is 10.6. The van der Waals surface area contributed by atoms with E-state index in [1.165, 1.54) is 29.7 Å². The summed E-state index contributed by atoms with van der Waals surface area (Å²) >= 11 is 1.79. The van der Waals surface area contributed by atoms with Crippen molar-refractivity contribution in [3.63, 3.8) is 0 Å². The monoisotopic (exact) mass is 237 g/mol. The first-order valence-electron chi connectivity index (χ1n) is 6.16. The SMILES string of the molecule is CCCC(CC)NCc1ccc(SC)cc1. The third kappa shape index (κ3) is 4.58. The van der Waals surface area contributed by atoms with Crippen molar-refractivity contribution in [3.05, 3.63) is 29.8 Å². The first-order chi connectivity index (χ1) is 7.80. The topological polar surface area (TPSA) is 12.0 Å². The van der Waals surface area contributed by atoms with Crippen LogP contribution >= 0.6 is 11.8 Å². The number of benzene rings is 1. The van der Waals surface area contributed by atoms with Gasteiger partial charge in [-0.05, 0) is 36.8 Å². The molecule has 0 aliphatic heterocycles. The maximum Gasteiger partial charge on any atom is 0.0208 e. The Morgan fingerprint density at radius 2 is 1.88 bits per heavy atom. The van der Waals surface area contributed by atoms with Gasteiger partial charge in [-0.15, -0.1) is 11.8 Å². The second-order valence-electron chi connectivity index (χ2n) is 4.12. The van der Waals surface area contributed by atoms with E-state index < -0.39 is 0 Å². The van der Waals surface area contributed by atoms with Gasteiger partial charge in [-0.1, -0.05) is 32.4 Å². The quantitative estimate of drug-likeness (QED) is 0.717. The number of thioether (sulfide) groups is 1. The van der Waals surface area contributed by atoms with E-state index in [4.69, 9.17) is 0 Å². The summed E-state index contributed by atoms with van der Waals surface area (Å²) in [7, 11) is 0. The van der Waals surface area contributed by atoms with E-state index in [2.05, 4.69) is 49.7 Å². The van der Waals surface area contributed by atoms with Gasteiger partial charge in [0.15, 0.2) is 0 Å². The lowest BCUT2D eigenvalue weighted by Crippen LogP contribution is -2.27. The Balaban J connectivity index is 2.40. The first-order valence-corrected chi connectivity index (χ1v) is 7.38. The van der Waals surface area contributed by atoms with Gasteiger partial charge in [0.2, 0.25) is 0 Å². The van der Waals surface area contributed by atoms with Crippen LogP contribution in [0.3, 0.4) is 0 Å². The summed E-state index contributed by atoms with van der Waals surface area (Å²) in [4.78, 5) is 1.34. The second-order valence-corrected chi connectivity index (χ2v) is 5.00. The van der Waals surface area contributed by atoms with Gasteiger partial charge in [0, 0.05) is 17.5 Å². The molecule has 0 aliphatic carbocycles. The zero-order chi connectivity index (χ0) is 11.8. The van der Waals surface area contributed by atoms with E-state index in [1.807, 2.05) is 0 Å². The van der Waals surface area contributed by atoms with Crippen molar-refractivity contribution < 1.29 is 0 Å². The summed E-state index contributed by atoms with van der Waals surface area (Å²) in [6.07, 6.45) is 5.87. The number of nitrogens with one attached hydrogen (secondary N) is 1. The molecule has 0 saturated heterocycles. The van der Waals surface area contributed by atoms with E-state index in [1.54, 1.807) is 11.8 Å². The molecule has 0 bridgehead atoms. The second kappa shape index (κ2) is 7.75. The third-order valence-electron chi connectivity index (χ3n) is 2.88. The van der Waals surface area contributed by atoms with Crippen LogP contribution in [-0.2, 0) is 6.54 Å². The molecule has 1 atom stereocenters. The Morgan fingerprint density at radius 3 is 2.38 bits per heavy atom. The largest absolute Gasteiger partial charge is 0.310 e. The minimum atomic E-state index is 0.672. The average molecular weight is 237 g/mol. The van der Waals surface area contributed by atoms with Crippen molar-refractivity contribution in [3.8, 4) is 0 Å². The van der Waals surface area contributed by atoms with Gasteiger partial charge in [0.25, 0.3) is 0 Å². The van der Waals surface area contributed by atoms with Crippen LogP contribution in [0.5, 0.6) is 0 Å². The molecule has 1 aromatic rings. The summed E-state index contributed by atoms with van der Waals surface area (Å²) < 4.78 is 0. The molecule has 1 nitrogen and oxygen atoms in total. The minimum absolute atomic E-state index is 0.672. The molecule has 0 spiro atoms. The van der Waals surface area contributed by atoms with Crippen molar-refractivity contribution in [1.29, 1.82) is 0 Å². The molecule has 0 saturated carbocycles. The molecule has 16 heavy (non-hydrogen) atoms. The van der Waals surface area contributed by atoms with Gasteiger partial charge in [0.05, 0.1) is 0 Å². The summed E-state index contributed by atoms with van der Waals surface area (Å²) in [6, 6.07) is 9.50. The maximum absolute atomic E-state index is 3.62. The standard InChI is InChI=1S/C14H23NS/c1-4-6-13(5-2)15-11-12-7-9-14(16-3)10-8-12/h7-10,13,15H,4-6,11H2,1-3H3. The zero-order valence-corrected chi connectivity index (χ0v) is 11.4. The molecule has 0 aromatic heterocycles. The molecule has 1 unspecified atom stereocenters. The van der Waals surface area contributed by atoms with Crippen molar-refractivity contribution >= 4 is 11.8 Å². The van der Waals surface area contributed by atoms with Crippen molar-refractivity contribution in [2.24, 2.45) is 0 Å². The average Bonchev–Trinajstić information content (AvgIpc) is 2.35. The van der Waals surface area contributed by atoms with Gasteiger partial charge in [-0.25, -0.2) is 0 Å². The highest BCUT2D eigenvalue weighted by Crippen LogP contribution is 2.15. The highest BCUT2D eigenvalue weighted by atomic mass is 32.2. The Labute approximate surface area is 104 Å². The van der Waals surface area contributed by atoms with Crippen LogP contribution in [0.25, 0.3) is 0 Å². The van der Waals surface area contributed by atoms with Gasteiger partial charge >= 0.3 is 0 Å². The molecular formula is C14H23NS. The Bertz CT molecular complexity index is 281. The Morgan fingerprint density at radius 1 is 1.19 bits per heavy atom. The lowest BCUT2D eigenvalue weighted by Gasteiger charge is -2.16. The summed E-state index contributed by atoms with van der Waals surface area (Å²) in [5, 5.41) is 3.62. The maximum atomic E-state index is 3.62. The fourth-order valence-corrected chi connectivity index (χ4v) is 2.21. The number of rotatable bonds is 7. The molecular weight excluding hydrogens is 214 g/mol. The lowest BCUT2D eigenvalue weighted by molar-refractivity contribution is 0.462. The van der Waals surface area contributed by atoms with Crippen LogP contribution < -0.4 is 5.32 Å². The van der Waals surface area contributed by atoms with Crippen LogP contribution in [-0.4, -0.2) is 12.3 Å². The Kier molecular flexibility index (Phi) is 6.58. The van der Waals surface area contributed by atoms with E-state index >= 15 is 0 Å². The molecule has 1 aromatic carbocycles. The predicted molar refractivity (Wildman–Crippen MR) is 74.0 cm³/mol. The first kappa shape index (κ1) is 13.6. The molecule has 2 heteroatoms. The van der Waals surface area contributed by atoms with Crippen LogP contribution in [0.1, 0.15) is 38.7 Å². The highest BCUT2D eigenvalue weighted by molar-refractivity contribution is 7.98. The van der Waals surface area contributed by atoms with Crippen LogP contribution in [0, 0.1) is 0 Å².